The highest BCUT2D eigenvalue weighted by Crippen LogP contribution is 2.28. The van der Waals surface area contributed by atoms with E-state index >= 15 is 0 Å². The lowest BCUT2D eigenvalue weighted by Gasteiger charge is -2.22. The van der Waals surface area contributed by atoms with Crippen molar-refractivity contribution in [3.05, 3.63) is 12.3 Å². The first kappa shape index (κ1) is 12.7. The lowest BCUT2D eigenvalue weighted by atomic mass is 10.1. The van der Waals surface area contributed by atoms with Gasteiger partial charge in [-0.15, -0.1) is 0 Å². The molecule has 0 radical (unpaired) electrons. The summed E-state index contributed by atoms with van der Waals surface area (Å²) in [6.45, 7) is 2.30. The molecular formula is C12H21N3O. The molecule has 2 unspecified atom stereocenters. The third-order valence-electron chi connectivity index (χ3n) is 3.16. The predicted octanol–water partition coefficient (Wildman–Crippen LogP) is 1.39. The van der Waals surface area contributed by atoms with Gasteiger partial charge in [-0.3, -0.25) is 9.79 Å². The quantitative estimate of drug-likeness (QED) is 0.445. The molecule has 0 spiro atoms. The van der Waals surface area contributed by atoms with Gasteiger partial charge in [0.15, 0.2) is 0 Å². The van der Waals surface area contributed by atoms with Crippen LogP contribution in [0.4, 0.5) is 0 Å². The molecule has 1 rings (SSSR count). The van der Waals surface area contributed by atoms with Crippen molar-refractivity contribution in [1.82, 2.24) is 10.2 Å². The molecule has 0 saturated heterocycles. The third kappa shape index (κ3) is 3.68. The molecule has 1 aliphatic carbocycles. The van der Waals surface area contributed by atoms with Crippen molar-refractivity contribution in [3.63, 3.8) is 0 Å². The Hall–Kier alpha value is -1.32. The van der Waals surface area contributed by atoms with Crippen LogP contribution in [-0.4, -0.2) is 37.3 Å². The number of hydrogen-bond acceptors (Lipinski definition) is 3. The molecule has 0 aliphatic heterocycles. The van der Waals surface area contributed by atoms with Crippen molar-refractivity contribution in [2.45, 2.75) is 32.2 Å². The minimum atomic E-state index is 0.591. The number of amidine groups is 1. The van der Waals surface area contributed by atoms with E-state index in [-0.39, 0.29) is 0 Å². The van der Waals surface area contributed by atoms with Crippen molar-refractivity contribution in [2.24, 2.45) is 10.9 Å². The molecule has 4 nitrogen and oxygen atoms in total. The highest BCUT2D eigenvalue weighted by Gasteiger charge is 2.22. The van der Waals surface area contributed by atoms with E-state index in [1.807, 2.05) is 12.3 Å². The first-order chi connectivity index (χ1) is 7.67. The number of carbonyl (C=O) groups is 1. The van der Waals surface area contributed by atoms with Crippen LogP contribution in [0.5, 0.6) is 0 Å². The van der Waals surface area contributed by atoms with Crippen LogP contribution in [0, 0.1) is 5.92 Å². The van der Waals surface area contributed by atoms with Crippen molar-refractivity contribution in [1.29, 1.82) is 0 Å². The summed E-state index contributed by atoms with van der Waals surface area (Å²) in [5.41, 5.74) is 0. The number of rotatable bonds is 4. The third-order valence-corrected chi connectivity index (χ3v) is 3.16. The fraction of sp³-hybridized carbons (Fsp3) is 0.667. The fourth-order valence-corrected chi connectivity index (χ4v) is 2.10. The Morgan fingerprint density at radius 2 is 2.25 bits per heavy atom. The van der Waals surface area contributed by atoms with Crippen molar-refractivity contribution < 1.29 is 4.79 Å². The lowest BCUT2D eigenvalue weighted by Crippen LogP contribution is -2.26. The molecule has 1 saturated carbocycles. The molecule has 0 aromatic heterocycles. The van der Waals surface area contributed by atoms with E-state index in [2.05, 4.69) is 29.2 Å². The van der Waals surface area contributed by atoms with Gasteiger partial charge in [0.25, 0.3) is 0 Å². The Morgan fingerprint density at radius 3 is 2.75 bits per heavy atom. The molecule has 0 aromatic rings. The average molecular weight is 223 g/mol. The Bertz CT molecular complexity index is 286. The van der Waals surface area contributed by atoms with Gasteiger partial charge in [0.2, 0.25) is 6.41 Å². The van der Waals surface area contributed by atoms with Gasteiger partial charge in [0, 0.05) is 26.3 Å². The SMILES string of the molecule is CN=C(/C=C\N(C)C1CCC(C)C1)NC=O. The lowest BCUT2D eigenvalue weighted by molar-refractivity contribution is -0.108. The van der Waals surface area contributed by atoms with Gasteiger partial charge in [0.1, 0.15) is 5.84 Å². The number of carbonyl (C=O) groups excluding carboxylic acids is 1. The highest BCUT2D eigenvalue weighted by molar-refractivity contribution is 5.98. The van der Waals surface area contributed by atoms with E-state index < -0.39 is 0 Å². The van der Waals surface area contributed by atoms with Crippen LogP contribution in [0.15, 0.2) is 17.3 Å². The Morgan fingerprint density at radius 1 is 1.50 bits per heavy atom. The van der Waals surface area contributed by atoms with Crippen LogP contribution in [0.2, 0.25) is 0 Å². The van der Waals surface area contributed by atoms with Gasteiger partial charge in [-0.1, -0.05) is 6.92 Å². The van der Waals surface area contributed by atoms with Gasteiger partial charge in [0.05, 0.1) is 0 Å². The maximum Gasteiger partial charge on any atom is 0.212 e. The summed E-state index contributed by atoms with van der Waals surface area (Å²) in [4.78, 5) is 16.4. The molecule has 0 bridgehead atoms. The molecule has 1 aliphatic rings. The minimum absolute atomic E-state index is 0.591. The van der Waals surface area contributed by atoms with Gasteiger partial charge in [-0.05, 0) is 31.3 Å². The second kappa shape index (κ2) is 6.30. The summed E-state index contributed by atoms with van der Waals surface area (Å²) >= 11 is 0. The fourth-order valence-electron chi connectivity index (χ4n) is 2.10. The second-order valence-corrected chi connectivity index (χ2v) is 4.42. The van der Waals surface area contributed by atoms with Gasteiger partial charge in [-0.2, -0.15) is 0 Å². The molecule has 4 heteroatoms. The van der Waals surface area contributed by atoms with E-state index in [0.29, 0.717) is 18.3 Å². The summed E-state index contributed by atoms with van der Waals surface area (Å²) in [6, 6.07) is 0.626. The van der Waals surface area contributed by atoms with Crippen LogP contribution in [-0.2, 0) is 4.79 Å². The number of aliphatic imine (C=N–C) groups is 1. The van der Waals surface area contributed by atoms with Crippen LogP contribution in [0.1, 0.15) is 26.2 Å². The van der Waals surface area contributed by atoms with E-state index in [9.17, 15) is 4.79 Å². The average Bonchev–Trinajstić information content (AvgIpc) is 2.70. The van der Waals surface area contributed by atoms with Gasteiger partial charge in [-0.25, -0.2) is 0 Å². The molecule has 16 heavy (non-hydrogen) atoms. The summed E-state index contributed by atoms with van der Waals surface area (Å²) in [7, 11) is 3.74. The minimum Gasteiger partial charge on any atom is -0.377 e. The topological polar surface area (TPSA) is 44.7 Å². The van der Waals surface area contributed by atoms with E-state index in [1.54, 1.807) is 7.05 Å². The standard InChI is InChI=1S/C12H21N3O/c1-10-4-5-11(8-10)15(3)7-6-12(13-2)14-9-16/h6-7,9-11H,4-5,8H2,1-3H3,(H,13,14,16)/b7-6-. The summed E-state index contributed by atoms with van der Waals surface area (Å²) in [5.74, 6) is 1.42. The van der Waals surface area contributed by atoms with Crippen molar-refractivity contribution in [2.75, 3.05) is 14.1 Å². The van der Waals surface area contributed by atoms with Crippen molar-refractivity contribution in [3.8, 4) is 0 Å². The molecule has 0 heterocycles. The normalized spacial score (nSPS) is 26.1. The van der Waals surface area contributed by atoms with Crippen LogP contribution < -0.4 is 5.32 Å². The Labute approximate surface area is 97.4 Å². The zero-order chi connectivity index (χ0) is 12.0. The first-order valence-corrected chi connectivity index (χ1v) is 5.74. The molecular weight excluding hydrogens is 202 g/mol. The Kier molecular flexibility index (Phi) is 5.02. The van der Waals surface area contributed by atoms with Gasteiger partial charge < -0.3 is 10.2 Å². The smallest absolute Gasteiger partial charge is 0.212 e. The van der Waals surface area contributed by atoms with E-state index in [4.69, 9.17) is 0 Å². The summed E-state index contributed by atoms with van der Waals surface area (Å²) in [6.07, 6.45) is 8.27. The van der Waals surface area contributed by atoms with Crippen LogP contribution >= 0.6 is 0 Å². The maximum atomic E-state index is 10.3. The summed E-state index contributed by atoms with van der Waals surface area (Å²) in [5, 5.41) is 2.54. The highest BCUT2D eigenvalue weighted by atomic mass is 16.1. The maximum absolute atomic E-state index is 10.3. The summed E-state index contributed by atoms with van der Waals surface area (Å²) < 4.78 is 0. The molecule has 1 fully saturated rings. The molecule has 90 valence electrons. The largest absolute Gasteiger partial charge is 0.377 e. The zero-order valence-electron chi connectivity index (χ0n) is 10.3. The van der Waals surface area contributed by atoms with E-state index in [1.165, 1.54) is 19.3 Å². The molecule has 0 aromatic carbocycles. The van der Waals surface area contributed by atoms with Crippen LogP contribution in [0.3, 0.4) is 0 Å². The monoisotopic (exact) mass is 223 g/mol. The second-order valence-electron chi connectivity index (χ2n) is 4.42. The predicted molar refractivity (Wildman–Crippen MR) is 66.3 cm³/mol. The number of amides is 1. The molecule has 2 atom stereocenters. The zero-order valence-corrected chi connectivity index (χ0v) is 10.3. The first-order valence-electron chi connectivity index (χ1n) is 5.74. The Balaban J connectivity index is 2.46. The number of hydrogen-bond donors (Lipinski definition) is 1. The van der Waals surface area contributed by atoms with Gasteiger partial charge >= 0.3 is 0 Å². The number of nitrogens with one attached hydrogen (secondary N) is 1. The van der Waals surface area contributed by atoms with Crippen LogP contribution in [0.25, 0.3) is 0 Å². The molecule has 1 N–H and O–H groups in total. The van der Waals surface area contributed by atoms with E-state index in [0.717, 1.165) is 5.92 Å². The molecule has 1 amide bonds. The van der Waals surface area contributed by atoms with Crippen molar-refractivity contribution >= 4 is 12.2 Å². The number of nitrogens with zero attached hydrogens (tertiary/aromatic N) is 2.